The molecule has 0 radical (unpaired) electrons. The zero-order valence-electron chi connectivity index (χ0n) is 11.8. The summed E-state index contributed by atoms with van der Waals surface area (Å²) in [5.74, 6) is -2.54. The number of carboxylic acid groups (broad SMARTS) is 1. The lowest BCUT2D eigenvalue weighted by Gasteiger charge is -2.07. The van der Waals surface area contributed by atoms with Crippen molar-refractivity contribution in [1.82, 2.24) is 5.32 Å². The maximum atomic E-state index is 13.4. The van der Waals surface area contributed by atoms with Crippen molar-refractivity contribution in [3.05, 3.63) is 29.6 Å². The van der Waals surface area contributed by atoms with Gasteiger partial charge in [-0.1, -0.05) is 25.3 Å². The van der Waals surface area contributed by atoms with Gasteiger partial charge in [0, 0.05) is 13.0 Å². The van der Waals surface area contributed by atoms with E-state index in [1.165, 1.54) is 12.1 Å². The lowest BCUT2D eigenvalue weighted by Crippen LogP contribution is -2.25. The van der Waals surface area contributed by atoms with Crippen LogP contribution in [0.1, 0.15) is 48.9 Å². The average Bonchev–Trinajstić information content (AvgIpc) is 2.41. The van der Waals surface area contributed by atoms with Crippen LogP contribution in [0.2, 0.25) is 0 Å². The van der Waals surface area contributed by atoms with Gasteiger partial charge in [0.25, 0.3) is 5.91 Å². The molecule has 116 valence electrons. The van der Waals surface area contributed by atoms with Crippen LogP contribution in [0.4, 0.5) is 4.39 Å². The zero-order chi connectivity index (χ0) is 15.7. The Bertz CT molecular complexity index is 470. The van der Waals surface area contributed by atoms with E-state index >= 15 is 0 Å². The van der Waals surface area contributed by atoms with E-state index in [1.54, 1.807) is 0 Å². The Morgan fingerprint density at radius 3 is 2.43 bits per heavy atom. The highest BCUT2D eigenvalue weighted by atomic mass is 19.1. The molecule has 0 bridgehead atoms. The Labute approximate surface area is 122 Å². The highest BCUT2D eigenvalue weighted by molar-refractivity contribution is 5.97. The van der Waals surface area contributed by atoms with Gasteiger partial charge in [-0.15, -0.1) is 0 Å². The summed E-state index contributed by atoms with van der Waals surface area (Å²) in [6, 6.07) is 3.72. The van der Waals surface area contributed by atoms with Crippen LogP contribution in [-0.2, 0) is 4.79 Å². The van der Waals surface area contributed by atoms with E-state index in [2.05, 4.69) is 5.32 Å². The first-order valence-electron chi connectivity index (χ1n) is 7.00. The average molecular weight is 297 g/mol. The van der Waals surface area contributed by atoms with Crippen LogP contribution >= 0.6 is 0 Å². The molecule has 6 heteroatoms. The molecule has 0 spiro atoms. The molecule has 0 aliphatic carbocycles. The van der Waals surface area contributed by atoms with Gasteiger partial charge >= 0.3 is 5.97 Å². The number of nitrogens with one attached hydrogen (secondary N) is 1. The standard InChI is InChI=1S/C15H20FNO4/c16-11-7-6-8-12(18)14(11)15(21)17-10-5-3-1-2-4-9-13(19)20/h6-8,18H,1-5,9-10H2,(H,17,21)(H,19,20). The number of carbonyl (C=O) groups excluding carboxylic acids is 1. The van der Waals surface area contributed by atoms with Crippen molar-refractivity contribution in [1.29, 1.82) is 0 Å². The number of phenols is 1. The van der Waals surface area contributed by atoms with E-state index < -0.39 is 17.7 Å². The summed E-state index contributed by atoms with van der Waals surface area (Å²) in [6.45, 7) is 0.394. The number of hydrogen-bond acceptors (Lipinski definition) is 3. The number of aromatic hydroxyl groups is 1. The second-order valence-electron chi connectivity index (χ2n) is 4.80. The van der Waals surface area contributed by atoms with E-state index in [4.69, 9.17) is 5.11 Å². The van der Waals surface area contributed by atoms with E-state index in [0.717, 1.165) is 31.7 Å². The molecule has 0 aromatic heterocycles. The molecule has 1 aromatic carbocycles. The van der Waals surface area contributed by atoms with Gasteiger partial charge in [-0.05, 0) is 25.0 Å². The molecular formula is C15H20FNO4. The van der Waals surface area contributed by atoms with Crippen LogP contribution < -0.4 is 5.32 Å². The first-order chi connectivity index (χ1) is 10.0. The van der Waals surface area contributed by atoms with E-state index in [1.807, 2.05) is 0 Å². The predicted octanol–water partition coefficient (Wildman–Crippen LogP) is 2.69. The number of aliphatic carboxylic acids is 1. The number of amides is 1. The van der Waals surface area contributed by atoms with Crippen LogP contribution in [0.25, 0.3) is 0 Å². The summed E-state index contributed by atoms with van der Waals surface area (Å²) in [4.78, 5) is 22.0. The van der Waals surface area contributed by atoms with Crippen molar-refractivity contribution in [2.45, 2.75) is 38.5 Å². The molecule has 0 saturated heterocycles. The van der Waals surface area contributed by atoms with E-state index in [-0.39, 0.29) is 17.7 Å². The molecule has 0 unspecified atom stereocenters. The Balaban J connectivity index is 2.18. The molecule has 0 heterocycles. The molecule has 0 fully saturated rings. The summed E-state index contributed by atoms with van der Waals surface area (Å²) >= 11 is 0. The Kier molecular flexibility index (Phi) is 7.21. The van der Waals surface area contributed by atoms with Gasteiger partial charge in [-0.2, -0.15) is 0 Å². The van der Waals surface area contributed by atoms with Crippen molar-refractivity contribution in [3.63, 3.8) is 0 Å². The van der Waals surface area contributed by atoms with Crippen molar-refractivity contribution >= 4 is 11.9 Å². The van der Waals surface area contributed by atoms with Gasteiger partial charge in [0.1, 0.15) is 17.1 Å². The highest BCUT2D eigenvalue weighted by Gasteiger charge is 2.15. The number of benzene rings is 1. The van der Waals surface area contributed by atoms with Crippen LogP contribution in [0.3, 0.4) is 0 Å². The number of carbonyl (C=O) groups is 2. The van der Waals surface area contributed by atoms with Crippen LogP contribution in [0, 0.1) is 5.82 Å². The summed E-state index contributed by atoms with van der Waals surface area (Å²) < 4.78 is 13.4. The summed E-state index contributed by atoms with van der Waals surface area (Å²) in [5, 5.41) is 20.5. The molecule has 5 nitrogen and oxygen atoms in total. The Morgan fingerprint density at radius 1 is 1.10 bits per heavy atom. The topological polar surface area (TPSA) is 86.6 Å². The van der Waals surface area contributed by atoms with Crippen LogP contribution in [-0.4, -0.2) is 28.6 Å². The van der Waals surface area contributed by atoms with Crippen LogP contribution in [0.5, 0.6) is 5.75 Å². The molecule has 0 aliphatic heterocycles. The molecule has 21 heavy (non-hydrogen) atoms. The maximum absolute atomic E-state index is 13.4. The summed E-state index contributed by atoms with van der Waals surface area (Å²) in [5.41, 5.74) is -0.334. The van der Waals surface area contributed by atoms with Gasteiger partial charge in [0.15, 0.2) is 0 Å². The fourth-order valence-corrected chi connectivity index (χ4v) is 1.96. The highest BCUT2D eigenvalue weighted by Crippen LogP contribution is 2.19. The van der Waals surface area contributed by atoms with Gasteiger partial charge < -0.3 is 15.5 Å². The number of phenolic OH excluding ortho intramolecular Hbond substituents is 1. The quantitative estimate of drug-likeness (QED) is 0.612. The molecule has 1 amide bonds. The molecular weight excluding hydrogens is 277 g/mol. The smallest absolute Gasteiger partial charge is 0.303 e. The third kappa shape index (κ3) is 6.25. The van der Waals surface area contributed by atoms with Crippen LogP contribution in [0.15, 0.2) is 18.2 Å². The number of hydrogen-bond donors (Lipinski definition) is 3. The summed E-state index contributed by atoms with van der Waals surface area (Å²) in [7, 11) is 0. The molecule has 1 rings (SSSR count). The van der Waals surface area contributed by atoms with E-state index in [9.17, 15) is 19.1 Å². The minimum Gasteiger partial charge on any atom is -0.507 e. The summed E-state index contributed by atoms with van der Waals surface area (Å²) in [6.07, 6.45) is 4.17. The normalized spacial score (nSPS) is 10.3. The minimum absolute atomic E-state index is 0.184. The van der Waals surface area contributed by atoms with Crippen molar-refractivity contribution < 1.29 is 24.2 Å². The van der Waals surface area contributed by atoms with Gasteiger partial charge in [-0.25, -0.2) is 4.39 Å². The molecule has 0 aliphatic rings. The first-order valence-corrected chi connectivity index (χ1v) is 7.00. The van der Waals surface area contributed by atoms with Gasteiger partial charge in [0.2, 0.25) is 0 Å². The number of rotatable bonds is 9. The van der Waals surface area contributed by atoms with Crippen molar-refractivity contribution in [3.8, 4) is 5.75 Å². The fourth-order valence-electron chi connectivity index (χ4n) is 1.96. The predicted molar refractivity (Wildman–Crippen MR) is 75.7 cm³/mol. The fraction of sp³-hybridized carbons (Fsp3) is 0.467. The second-order valence-corrected chi connectivity index (χ2v) is 4.80. The van der Waals surface area contributed by atoms with Crippen molar-refractivity contribution in [2.75, 3.05) is 6.54 Å². The Hall–Kier alpha value is -2.11. The van der Waals surface area contributed by atoms with E-state index in [0.29, 0.717) is 13.0 Å². The maximum Gasteiger partial charge on any atom is 0.303 e. The van der Waals surface area contributed by atoms with Gasteiger partial charge in [-0.3, -0.25) is 9.59 Å². The molecule has 0 atom stereocenters. The number of halogens is 1. The van der Waals surface area contributed by atoms with Crippen molar-refractivity contribution in [2.24, 2.45) is 0 Å². The van der Waals surface area contributed by atoms with Gasteiger partial charge in [0.05, 0.1) is 0 Å². The monoisotopic (exact) mass is 297 g/mol. The molecule has 3 N–H and O–H groups in total. The lowest BCUT2D eigenvalue weighted by atomic mass is 10.1. The largest absolute Gasteiger partial charge is 0.507 e. The Morgan fingerprint density at radius 2 is 1.76 bits per heavy atom. The third-order valence-electron chi connectivity index (χ3n) is 3.07. The third-order valence-corrected chi connectivity index (χ3v) is 3.07. The SMILES string of the molecule is O=C(O)CCCCCCCNC(=O)c1c(O)cccc1F. The molecule has 0 saturated carbocycles. The molecule has 1 aromatic rings. The number of carboxylic acids is 1. The second kappa shape index (κ2) is 8.94. The minimum atomic E-state index is -0.785. The first kappa shape index (κ1) is 16.9. The lowest BCUT2D eigenvalue weighted by molar-refractivity contribution is -0.137. The number of unbranched alkanes of at least 4 members (excludes halogenated alkanes) is 4. The zero-order valence-corrected chi connectivity index (χ0v) is 11.8.